The topological polar surface area (TPSA) is 31.0 Å². The van der Waals surface area contributed by atoms with Gasteiger partial charge in [0.25, 0.3) is 0 Å². The van der Waals surface area contributed by atoms with E-state index in [9.17, 15) is 0 Å². The molecule has 1 rings (SSSR count). The maximum atomic E-state index is 5.58. The molecule has 0 bridgehead atoms. The average molecular weight is 190 g/mol. The van der Waals surface area contributed by atoms with Crippen LogP contribution in [0.2, 0.25) is 5.54 Å². The highest BCUT2D eigenvalue weighted by Gasteiger charge is 2.37. The molecule has 0 spiro atoms. The molecule has 3 nitrogen and oxygen atoms in total. The van der Waals surface area contributed by atoms with Gasteiger partial charge >= 0.3 is 9.28 Å². The second kappa shape index (κ2) is 4.96. The summed E-state index contributed by atoms with van der Waals surface area (Å²) < 4.78 is 16.4. The lowest BCUT2D eigenvalue weighted by Crippen LogP contribution is -2.30. The normalized spacial score (nSPS) is 24.5. The van der Waals surface area contributed by atoms with Crippen molar-refractivity contribution in [3.8, 4) is 0 Å². The van der Waals surface area contributed by atoms with Gasteiger partial charge in [-0.05, 0) is 13.8 Å². The van der Waals surface area contributed by atoms with Crippen molar-refractivity contribution in [3.63, 3.8) is 0 Å². The van der Waals surface area contributed by atoms with Crippen LogP contribution in [0.15, 0.2) is 0 Å². The van der Waals surface area contributed by atoms with Crippen molar-refractivity contribution in [1.82, 2.24) is 0 Å². The summed E-state index contributed by atoms with van der Waals surface area (Å²) in [5.41, 5.74) is 0.491. The third-order valence-corrected chi connectivity index (χ3v) is 4.65. The van der Waals surface area contributed by atoms with Crippen molar-refractivity contribution in [2.75, 3.05) is 19.8 Å². The first-order valence-corrected chi connectivity index (χ1v) is 6.25. The number of ether oxygens (including phenoxy) is 1. The molecule has 1 aliphatic rings. The number of hydrogen-bond donors (Lipinski definition) is 0. The molecular formula is C8H18O3Si. The van der Waals surface area contributed by atoms with E-state index in [1.807, 2.05) is 13.8 Å². The molecule has 2 unspecified atom stereocenters. The summed E-state index contributed by atoms with van der Waals surface area (Å²) in [4.78, 5) is 0. The molecule has 0 N–H and O–H groups in total. The predicted molar refractivity (Wildman–Crippen MR) is 49.6 cm³/mol. The number of epoxide rings is 1. The van der Waals surface area contributed by atoms with Gasteiger partial charge in [0.05, 0.1) is 12.7 Å². The SMILES string of the molecule is CCO[SiH](OCC)C(C)C1CO1. The van der Waals surface area contributed by atoms with Gasteiger partial charge in [-0.25, -0.2) is 0 Å². The fraction of sp³-hybridized carbons (Fsp3) is 1.00. The Morgan fingerprint density at radius 2 is 1.92 bits per heavy atom. The predicted octanol–water partition coefficient (Wildman–Crippen LogP) is 1.07. The summed E-state index contributed by atoms with van der Waals surface area (Å²) in [7, 11) is -1.45. The fourth-order valence-corrected chi connectivity index (χ4v) is 3.15. The minimum absolute atomic E-state index is 0.416. The van der Waals surface area contributed by atoms with E-state index in [1.54, 1.807) is 0 Å². The molecule has 72 valence electrons. The molecule has 0 aromatic rings. The Balaban J connectivity index is 2.28. The molecule has 0 radical (unpaired) electrons. The average Bonchev–Trinajstić information content (AvgIpc) is 2.85. The zero-order valence-electron chi connectivity index (χ0n) is 8.08. The summed E-state index contributed by atoms with van der Waals surface area (Å²) in [5.74, 6) is 0. The van der Waals surface area contributed by atoms with Crippen LogP contribution in [-0.4, -0.2) is 35.2 Å². The molecule has 0 amide bonds. The second-order valence-corrected chi connectivity index (χ2v) is 5.46. The van der Waals surface area contributed by atoms with Crippen molar-refractivity contribution in [2.45, 2.75) is 32.4 Å². The summed E-state index contributed by atoms with van der Waals surface area (Å²) in [6.07, 6.45) is 0.416. The molecule has 0 saturated carbocycles. The molecule has 1 saturated heterocycles. The quantitative estimate of drug-likeness (QED) is 0.464. The standard InChI is InChI=1S/C8H18O3Si/c1-4-10-12(11-5-2)7(3)8-6-9-8/h7-8,12H,4-6H2,1-3H3. The van der Waals surface area contributed by atoms with Crippen LogP contribution in [0.5, 0.6) is 0 Å². The molecule has 0 aromatic heterocycles. The van der Waals surface area contributed by atoms with Gasteiger partial charge in [-0.2, -0.15) is 0 Å². The smallest absolute Gasteiger partial charge is 0.327 e. The van der Waals surface area contributed by atoms with Crippen LogP contribution >= 0.6 is 0 Å². The van der Waals surface area contributed by atoms with Crippen molar-refractivity contribution >= 4 is 9.28 Å². The van der Waals surface area contributed by atoms with Crippen LogP contribution in [0.25, 0.3) is 0 Å². The number of rotatable bonds is 6. The summed E-state index contributed by atoms with van der Waals surface area (Å²) in [5, 5.41) is 0. The van der Waals surface area contributed by atoms with E-state index in [2.05, 4.69) is 6.92 Å². The molecule has 1 fully saturated rings. The molecule has 12 heavy (non-hydrogen) atoms. The van der Waals surface area contributed by atoms with Crippen molar-refractivity contribution in [1.29, 1.82) is 0 Å². The molecule has 1 heterocycles. The highest BCUT2D eigenvalue weighted by Crippen LogP contribution is 2.28. The second-order valence-electron chi connectivity index (χ2n) is 3.01. The van der Waals surface area contributed by atoms with E-state index >= 15 is 0 Å². The van der Waals surface area contributed by atoms with Crippen LogP contribution in [0.1, 0.15) is 20.8 Å². The van der Waals surface area contributed by atoms with Gasteiger partial charge in [0.1, 0.15) is 0 Å². The van der Waals surface area contributed by atoms with Gasteiger partial charge in [0.15, 0.2) is 0 Å². The van der Waals surface area contributed by atoms with Gasteiger partial charge < -0.3 is 13.6 Å². The zero-order chi connectivity index (χ0) is 8.97. The first-order chi connectivity index (χ1) is 5.79. The molecule has 1 aliphatic heterocycles. The largest absolute Gasteiger partial charge is 0.397 e. The van der Waals surface area contributed by atoms with E-state index in [4.69, 9.17) is 13.6 Å². The molecule has 4 heteroatoms. The Morgan fingerprint density at radius 3 is 2.25 bits per heavy atom. The molecule has 0 aliphatic carbocycles. The Bertz CT molecular complexity index is 121. The zero-order valence-corrected chi connectivity index (χ0v) is 9.23. The van der Waals surface area contributed by atoms with Gasteiger partial charge in [0, 0.05) is 18.8 Å². The number of hydrogen-bond acceptors (Lipinski definition) is 3. The van der Waals surface area contributed by atoms with Gasteiger partial charge in [-0.3, -0.25) is 0 Å². The third-order valence-electron chi connectivity index (χ3n) is 2.04. The van der Waals surface area contributed by atoms with Gasteiger partial charge in [-0.1, -0.05) is 6.92 Å². The summed E-state index contributed by atoms with van der Waals surface area (Å²) in [6.45, 7) is 8.60. The van der Waals surface area contributed by atoms with Crippen LogP contribution in [0.4, 0.5) is 0 Å². The van der Waals surface area contributed by atoms with E-state index in [1.165, 1.54) is 0 Å². The van der Waals surface area contributed by atoms with Gasteiger partial charge in [0.2, 0.25) is 0 Å². The lowest BCUT2D eigenvalue weighted by molar-refractivity contribution is 0.199. The van der Waals surface area contributed by atoms with Crippen molar-refractivity contribution < 1.29 is 13.6 Å². The third kappa shape index (κ3) is 2.86. The summed E-state index contributed by atoms with van der Waals surface area (Å²) >= 11 is 0. The highest BCUT2D eigenvalue weighted by atomic mass is 28.3. The van der Waals surface area contributed by atoms with Crippen LogP contribution in [0.3, 0.4) is 0 Å². The minimum atomic E-state index is -1.45. The van der Waals surface area contributed by atoms with Crippen LogP contribution in [-0.2, 0) is 13.6 Å². The maximum Gasteiger partial charge on any atom is 0.327 e. The summed E-state index contributed by atoms with van der Waals surface area (Å²) in [6, 6.07) is 0. The highest BCUT2D eigenvalue weighted by molar-refractivity contribution is 6.46. The van der Waals surface area contributed by atoms with Crippen molar-refractivity contribution in [3.05, 3.63) is 0 Å². The monoisotopic (exact) mass is 190 g/mol. The Labute approximate surface area is 75.9 Å². The Kier molecular flexibility index (Phi) is 4.21. The fourth-order valence-electron chi connectivity index (χ4n) is 1.21. The van der Waals surface area contributed by atoms with E-state index in [0.29, 0.717) is 11.6 Å². The van der Waals surface area contributed by atoms with Crippen LogP contribution in [0, 0.1) is 0 Å². The Hall–Kier alpha value is 0.0969. The van der Waals surface area contributed by atoms with E-state index < -0.39 is 9.28 Å². The van der Waals surface area contributed by atoms with Crippen LogP contribution < -0.4 is 0 Å². The van der Waals surface area contributed by atoms with Gasteiger partial charge in [-0.15, -0.1) is 0 Å². The maximum absolute atomic E-state index is 5.58. The van der Waals surface area contributed by atoms with Crippen molar-refractivity contribution in [2.24, 2.45) is 0 Å². The molecule has 2 atom stereocenters. The lowest BCUT2D eigenvalue weighted by Gasteiger charge is -2.19. The minimum Gasteiger partial charge on any atom is -0.397 e. The molecule has 0 aromatic carbocycles. The van der Waals surface area contributed by atoms with E-state index in [-0.39, 0.29) is 0 Å². The first kappa shape index (κ1) is 10.2. The first-order valence-electron chi connectivity index (χ1n) is 4.64. The lowest BCUT2D eigenvalue weighted by atomic mass is 10.4. The molecular weight excluding hydrogens is 172 g/mol. The van der Waals surface area contributed by atoms with E-state index in [0.717, 1.165) is 19.8 Å². The Morgan fingerprint density at radius 1 is 1.42 bits per heavy atom.